The molecule has 1 aromatic rings. The fourth-order valence-corrected chi connectivity index (χ4v) is 3.66. The molecule has 120 valence electrons. The Hall–Kier alpha value is -1.55. The van der Waals surface area contributed by atoms with E-state index < -0.39 is 0 Å². The Labute approximate surface area is 132 Å². The molecule has 0 radical (unpaired) electrons. The summed E-state index contributed by atoms with van der Waals surface area (Å²) < 4.78 is 5.65. The third kappa shape index (κ3) is 2.84. The van der Waals surface area contributed by atoms with Gasteiger partial charge in [-0.2, -0.15) is 0 Å². The first kappa shape index (κ1) is 15.3. The van der Waals surface area contributed by atoms with Gasteiger partial charge < -0.3 is 14.7 Å². The average Bonchev–Trinajstić information content (AvgIpc) is 2.80. The second kappa shape index (κ2) is 5.92. The van der Waals surface area contributed by atoms with Crippen LogP contribution in [0.3, 0.4) is 0 Å². The monoisotopic (exact) mass is 303 g/mol. The smallest absolute Gasteiger partial charge is 0.233 e. The summed E-state index contributed by atoms with van der Waals surface area (Å²) in [5, 5.41) is 9.69. The molecule has 1 saturated heterocycles. The second-order valence-electron chi connectivity index (χ2n) is 6.88. The van der Waals surface area contributed by atoms with Crippen molar-refractivity contribution in [1.82, 2.24) is 0 Å². The molecule has 0 atom stereocenters. The van der Waals surface area contributed by atoms with E-state index in [-0.39, 0.29) is 23.5 Å². The Kier molecular flexibility index (Phi) is 4.13. The minimum absolute atomic E-state index is 0.149. The molecule has 1 heterocycles. The quantitative estimate of drug-likeness (QED) is 0.933. The van der Waals surface area contributed by atoms with E-state index in [0.29, 0.717) is 0 Å². The normalized spacial score (nSPS) is 28.6. The number of aliphatic hydroxyl groups excluding tert-OH is 1. The first-order valence-electron chi connectivity index (χ1n) is 8.27. The first-order valence-corrected chi connectivity index (χ1v) is 8.27. The third-order valence-electron chi connectivity index (χ3n) is 4.95. The maximum absolute atomic E-state index is 12.9. The van der Waals surface area contributed by atoms with Crippen LogP contribution in [0.2, 0.25) is 0 Å². The largest absolute Gasteiger partial charge is 0.491 e. The maximum Gasteiger partial charge on any atom is 0.233 e. The SMILES string of the molecule is CC(C)Oc1ccc(N2CC[C@]3(CC[C@H](O)CC3)C2=O)cc1. The van der Waals surface area contributed by atoms with Crippen molar-refractivity contribution in [3.05, 3.63) is 24.3 Å². The fraction of sp³-hybridized carbons (Fsp3) is 0.611. The number of benzene rings is 1. The summed E-state index contributed by atoms with van der Waals surface area (Å²) in [5.41, 5.74) is 0.718. The van der Waals surface area contributed by atoms with Crippen LogP contribution in [0.25, 0.3) is 0 Å². The Morgan fingerprint density at radius 3 is 2.41 bits per heavy atom. The zero-order chi connectivity index (χ0) is 15.7. The highest BCUT2D eigenvalue weighted by Gasteiger charge is 2.48. The molecule has 22 heavy (non-hydrogen) atoms. The van der Waals surface area contributed by atoms with Crippen LogP contribution in [-0.2, 0) is 4.79 Å². The highest BCUT2D eigenvalue weighted by Crippen LogP contribution is 2.46. The van der Waals surface area contributed by atoms with E-state index in [1.54, 1.807) is 0 Å². The minimum atomic E-state index is -0.230. The lowest BCUT2D eigenvalue weighted by Crippen LogP contribution is -2.38. The van der Waals surface area contributed by atoms with Crippen molar-refractivity contribution in [2.75, 3.05) is 11.4 Å². The molecule has 2 fully saturated rings. The number of hydrogen-bond donors (Lipinski definition) is 1. The molecule has 4 heteroatoms. The van der Waals surface area contributed by atoms with E-state index in [9.17, 15) is 9.90 Å². The lowest BCUT2D eigenvalue weighted by atomic mass is 9.72. The number of anilines is 1. The van der Waals surface area contributed by atoms with Gasteiger partial charge in [-0.1, -0.05) is 0 Å². The van der Waals surface area contributed by atoms with Crippen LogP contribution in [0.4, 0.5) is 5.69 Å². The van der Waals surface area contributed by atoms with Gasteiger partial charge in [0.15, 0.2) is 0 Å². The number of aliphatic hydroxyl groups is 1. The molecule has 4 nitrogen and oxygen atoms in total. The van der Waals surface area contributed by atoms with Crippen LogP contribution in [0, 0.1) is 5.41 Å². The summed E-state index contributed by atoms with van der Waals surface area (Å²) in [5.74, 6) is 1.07. The van der Waals surface area contributed by atoms with E-state index in [1.165, 1.54) is 0 Å². The van der Waals surface area contributed by atoms with E-state index >= 15 is 0 Å². The topological polar surface area (TPSA) is 49.8 Å². The lowest BCUT2D eigenvalue weighted by molar-refractivity contribution is -0.128. The minimum Gasteiger partial charge on any atom is -0.491 e. The van der Waals surface area contributed by atoms with E-state index in [2.05, 4.69) is 0 Å². The highest BCUT2D eigenvalue weighted by atomic mass is 16.5. The Morgan fingerprint density at radius 2 is 1.82 bits per heavy atom. The second-order valence-corrected chi connectivity index (χ2v) is 6.88. The number of nitrogens with zero attached hydrogens (tertiary/aromatic N) is 1. The predicted molar refractivity (Wildman–Crippen MR) is 86.1 cm³/mol. The summed E-state index contributed by atoms with van der Waals surface area (Å²) in [7, 11) is 0. The van der Waals surface area contributed by atoms with Crippen LogP contribution in [0.1, 0.15) is 46.0 Å². The van der Waals surface area contributed by atoms with Gasteiger partial charge in [-0.05, 0) is 70.2 Å². The molecular formula is C18H25NO3. The zero-order valence-corrected chi connectivity index (χ0v) is 13.4. The van der Waals surface area contributed by atoms with Gasteiger partial charge >= 0.3 is 0 Å². The van der Waals surface area contributed by atoms with Crippen molar-refractivity contribution in [2.24, 2.45) is 5.41 Å². The first-order chi connectivity index (χ1) is 10.5. The summed E-state index contributed by atoms with van der Waals surface area (Å²) in [6.07, 6.45) is 3.97. The zero-order valence-electron chi connectivity index (χ0n) is 13.4. The molecule has 1 aliphatic heterocycles. The predicted octanol–water partition coefficient (Wildman–Crippen LogP) is 3.13. The van der Waals surface area contributed by atoms with Crippen LogP contribution in [0.15, 0.2) is 24.3 Å². The van der Waals surface area contributed by atoms with Gasteiger partial charge in [-0.3, -0.25) is 4.79 Å². The van der Waals surface area contributed by atoms with Gasteiger partial charge in [0.25, 0.3) is 0 Å². The van der Waals surface area contributed by atoms with E-state index in [0.717, 1.165) is 50.1 Å². The third-order valence-corrected chi connectivity index (χ3v) is 4.95. The van der Waals surface area contributed by atoms with Crippen LogP contribution in [0.5, 0.6) is 5.75 Å². The number of amides is 1. The molecule has 1 amide bonds. The molecular weight excluding hydrogens is 278 g/mol. The molecule has 1 N–H and O–H groups in total. The van der Waals surface area contributed by atoms with E-state index in [4.69, 9.17) is 4.74 Å². The molecule has 1 aliphatic carbocycles. The van der Waals surface area contributed by atoms with Gasteiger partial charge in [-0.15, -0.1) is 0 Å². The number of hydrogen-bond acceptors (Lipinski definition) is 3. The Bertz CT molecular complexity index is 530. The number of carbonyl (C=O) groups excluding carboxylic acids is 1. The van der Waals surface area contributed by atoms with Gasteiger partial charge in [0.2, 0.25) is 5.91 Å². The maximum atomic E-state index is 12.9. The molecule has 0 aromatic heterocycles. The van der Waals surface area contributed by atoms with Gasteiger partial charge in [0.05, 0.1) is 17.6 Å². The molecule has 2 aliphatic rings. The Morgan fingerprint density at radius 1 is 1.18 bits per heavy atom. The average molecular weight is 303 g/mol. The summed E-state index contributed by atoms with van der Waals surface area (Å²) >= 11 is 0. The van der Waals surface area contributed by atoms with Gasteiger partial charge in [0, 0.05) is 12.2 Å². The van der Waals surface area contributed by atoms with Crippen molar-refractivity contribution in [1.29, 1.82) is 0 Å². The van der Waals surface area contributed by atoms with Crippen molar-refractivity contribution in [3.63, 3.8) is 0 Å². The summed E-state index contributed by atoms with van der Waals surface area (Å²) in [6.45, 7) is 4.78. The summed E-state index contributed by atoms with van der Waals surface area (Å²) in [4.78, 5) is 14.8. The molecule has 3 rings (SSSR count). The molecule has 0 bridgehead atoms. The van der Waals surface area contributed by atoms with Crippen molar-refractivity contribution >= 4 is 11.6 Å². The Balaban J connectivity index is 1.72. The number of ether oxygens (including phenoxy) is 1. The van der Waals surface area contributed by atoms with E-state index in [1.807, 2.05) is 43.0 Å². The van der Waals surface area contributed by atoms with Crippen molar-refractivity contribution in [2.45, 2.75) is 58.2 Å². The van der Waals surface area contributed by atoms with Crippen LogP contribution < -0.4 is 9.64 Å². The molecule has 1 spiro atoms. The van der Waals surface area contributed by atoms with Gasteiger partial charge in [-0.25, -0.2) is 0 Å². The van der Waals surface area contributed by atoms with Gasteiger partial charge in [0.1, 0.15) is 5.75 Å². The van der Waals surface area contributed by atoms with Crippen molar-refractivity contribution < 1.29 is 14.6 Å². The fourth-order valence-electron chi connectivity index (χ4n) is 3.66. The highest BCUT2D eigenvalue weighted by molar-refractivity contribution is 6.00. The molecule has 1 saturated carbocycles. The molecule has 1 aromatic carbocycles. The summed E-state index contributed by atoms with van der Waals surface area (Å²) in [6, 6.07) is 7.79. The van der Waals surface area contributed by atoms with Crippen molar-refractivity contribution in [3.8, 4) is 5.75 Å². The van der Waals surface area contributed by atoms with Crippen LogP contribution in [-0.4, -0.2) is 29.8 Å². The van der Waals surface area contributed by atoms with Crippen LogP contribution >= 0.6 is 0 Å². The number of carbonyl (C=O) groups is 1. The number of rotatable bonds is 3. The standard InChI is InChI=1S/C18H25NO3/c1-13(2)22-16-5-3-14(4-6-16)19-12-11-18(17(19)21)9-7-15(20)8-10-18/h3-6,13,15,20H,7-12H2,1-2H3/t15-,18+. The molecule has 0 unspecified atom stereocenters. The lowest BCUT2D eigenvalue weighted by Gasteiger charge is -2.33.